The number of aromatic nitrogens is 2. The third-order valence-corrected chi connectivity index (χ3v) is 3.51. The fourth-order valence-electron chi connectivity index (χ4n) is 2.44. The van der Waals surface area contributed by atoms with Crippen molar-refractivity contribution in [2.75, 3.05) is 14.1 Å². The van der Waals surface area contributed by atoms with Crippen LogP contribution in [0, 0.1) is 0 Å². The van der Waals surface area contributed by atoms with Gasteiger partial charge >= 0.3 is 0 Å². The summed E-state index contributed by atoms with van der Waals surface area (Å²) < 4.78 is 0. The number of rotatable bonds is 7. The molecule has 0 spiro atoms. The highest BCUT2D eigenvalue weighted by Crippen LogP contribution is 2.12. The molecule has 0 saturated heterocycles. The molecule has 0 aliphatic carbocycles. The molecule has 0 radical (unpaired) electrons. The lowest BCUT2D eigenvalue weighted by atomic mass is 10.1. The van der Waals surface area contributed by atoms with E-state index in [1.54, 1.807) is 6.20 Å². The molecule has 2 aromatic rings. The predicted octanol–water partition coefficient (Wildman–Crippen LogP) is 2.35. The molecule has 0 saturated carbocycles. The average Bonchev–Trinajstić information content (AvgIpc) is 2.94. The van der Waals surface area contributed by atoms with Crippen molar-refractivity contribution in [1.29, 1.82) is 0 Å². The zero-order valence-electron chi connectivity index (χ0n) is 13.5. The Morgan fingerprint density at radius 2 is 2.00 bits per heavy atom. The SMILES string of the molecule is CCCc1[nH]ncc1C(=O)NCc1ccccc1CN(C)C. The molecule has 0 aliphatic rings. The summed E-state index contributed by atoms with van der Waals surface area (Å²) in [6.07, 6.45) is 3.42. The number of benzene rings is 1. The van der Waals surface area contributed by atoms with Crippen molar-refractivity contribution >= 4 is 5.91 Å². The summed E-state index contributed by atoms with van der Waals surface area (Å²) in [4.78, 5) is 14.4. The molecule has 2 N–H and O–H groups in total. The van der Waals surface area contributed by atoms with Crippen LogP contribution in [0.3, 0.4) is 0 Å². The normalized spacial score (nSPS) is 10.9. The number of nitrogens with one attached hydrogen (secondary N) is 2. The molecule has 1 aromatic carbocycles. The van der Waals surface area contributed by atoms with Crippen LogP contribution in [0.5, 0.6) is 0 Å². The Labute approximate surface area is 131 Å². The summed E-state index contributed by atoms with van der Waals surface area (Å²) in [5.74, 6) is -0.0724. The molecular formula is C17H24N4O. The molecule has 1 amide bonds. The van der Waals surface area contributed by atoms with Gasteiger partial charge in [-0.1, -0.05) is 37.6 Å². The summed E-state index contributed by atoms with van der Waals surface area (Å²) >= 11 is 0. The summed E-state index contributed by atoms with van der Waals surface area (Å²) in [5.41, 5.74) is 3.92. The lowest BCUT2D eigenvalue weighted by Gasteiger charge is -2.14. The summed E-state index contributed by atoms with van der Waals surface area (Å²) in [6, 6.07) is 8.18. The highest BCUT2D eigenvalue weighted by molar-refractivity contribution is 5.95. The number of aryl methyl sites for hydroxylation is 1. The van der Waals surface area contributed by atoms with Crippen molar-refractivity contribution in [1.82, 2.24) is 20.4 Å². The van der Waals surface area contributed by atoms with E-state index in [2.05, 4.69) is 39.5 Å². The van der Waals surface area contributed by atoms with Gasteiger partial charge in [0.25, 0.3) is 5.91 Å². The second-order valence-corrected chi connectivity index (χ2v) is 5.70. The van der Waals surface area contributed by atoms with Gasteiger partial charge in [-0.15, -0.1) is 0 Å². The molecule has 0 bridgehead atoms. The molecule has 0 fully saturated rings. The van der Waals surface area contributed by atoms with E-state index in [0.29, 0.717) is 12.1 Å². The van der Waals surface area contributed by atoms with Crippen molar-refractivity contribution < 1.29 is 4.79 Å². The number of hydrogen-bond donors (Lipinski definition) is 2. The number of amides is 1. The van der Waals surface area contributed by atoms with Gasteiger partial charge in [-0.3, -0.25) is 9.89 Å². The molecule has 118 valence electrons. The number of carbonyl (C=O) groups is 1. The van der Waals surface area contributed by atoms with E-state index in [0.717, 1.165) is 30.6 Å². The van der Waals surface area contributed by atoms with Gasteiger partial charge in [0.05, 0.1) is 11.8 Å². The maximum absolute atomic E-state index is 12.3. The van der Waals surface area contributed by atoms with E-state index in [1.165, 1.54) is 5.56 Å². The highest BCUT2D eigenvalue weighted by atomic mass is 16.1. The fraction of sp³-hybridized carbons (Fsp3) is 0.412. The van der Waals surface area contributed by atoms with E-state index in [-0.39, 0.29) is 5.91 Å². The minimum absolute atomic E-state index is 0.0724. The van der Waals surface area contributed by atoms with Gasteiger partial charge in [0.1, 0.15) is 0 Å². The Kier molecular flexibility index (Phi) is 5.72. The third-order valence-electron chi connectivity index (χ3n) is 3.51. The van der Waals surface area contributed by atoms with Crippen LogP contribution in [0.1, 0.15) is 40.5 Å². The van der Waals surface area contributed by atoms with E-state index < -0.39 is 0 Å². The van der Waals surface area contributed by atoms with Gasteiger partial charge in [-0.2, -0.15) is 5.10 Å². The second-order valence-electron chi connectivity index (χ2n) is 5.70. The predicted molar refractivity (Wildman–Crippen MR) is 87.6 cm³/mol. The molecular weight excluding hydrogens is 276 g/mol. The molecule has 1 heterocycles. The smallest absolute Gasteiger partial charge is 0.255 e. The molecule has 22 heavy (non-hydrogen) atoms. The van der Waals surface area contributed by atoms with Gasteiger partial charge in [0, 0.05) is 18.8 Å². The maximum Gasteiger partial charge on any atom is 0.255 e. The second kappa shape index (κ2) is 7.75. The van der Waals surface area contributed by atoms with E-state index in [4.69, 9.17) is 0 Å². The van der Waals surface area contributed by atoms with Crippen molar-refractivity contribution in [3.05, 3.63) is 52.8 Å². The van der Waals surface area contributed by atoms with Gasteiger partial charge in [-0.25, -0.2) is 0 Å². The molecule has 0 aliphatic heterocycles. The fourth-order valence-corrected chi connectivity index (χ4v) is 2.44. The first-order valence-electron chi connectivity index (χ1n) is 7.63. The standard InChI is InChI=1S/C17H24N4O/c1-4-7-16-15(11-19-20-16)17(22)18-10-13-8-5-6-9-14(13)12-21(2)3/h5-6,8-9,11H,4,7,10,12H2,1-3H3,(H,18,22)(H,19,20). The third kappa shape index (κ3) is 4.18. The van der Waals surface area contributed by atoms with E-state index in [1.807, 2.05) is 26.2 Å². The van der Waals surface area contributed by atoms with Crippen LogP contribution < -0.4 is 5.32 Å². The number of hydrogen-bond acceptors (Lipinski definition) is 3. The van der Waals surface area contributed by atoms with Crippen LogP contribution in [-0.4, -0.2) is 35.1 Å². The van der Waals surface area contributed by atoms with Gasteiger partial charge in [0.15, 0.2) is 0 Å². The first-order chi connectivity index (χ1) is 10.6. The Hall–Kier alpha value is -2.14. The maximum atomic E-state index is 12.3. The number of aromatic amines is 1. The van der Waals surface area contributed by atoms with E-state index >= 15 is 0 Å². The molecule has 0 atom stereocenters. The lowest BCUT2D eigenvalue weighted by Crippen LogP contribution is -2.24. The van der Waals surface area contributed by atoms with Crippen LogP contribution in [0.2, 0.25) is 0 Å². The minimum atomic E-state index is -0.0724. The Morgan fingerprint density at radius 1 is 1.27 bits per heavy atom. The summed E-state index contributed by atoms with van der Waals surface area (Å²) in [6.45, 7) is 3.47. The van der Waals surface area contributed by atoms with Gasteiger partial charge in [0.2, 0.25) is 0 Å². The van der Waals surface area contributed by atoms with Crippen molar-refractivity contribution in [2.45, 2.75) is 32.9 Å². The van der Waals surface area contributed by atoms with Crippen LogP contribution >= 0.6 is 0 Å². The average molecular weight is 300 g/mol. The zero-order chi connectivity index (χ0) is 15.9. The van der Waals surface area contributed by atoms with E-state index in [9.17, 15) is 4.79 Å². The largest absolute Gasteiger partial charge is 0.348 e. The number of nitrogens with zero attached hydrogens (tertiary/aromatic N) is 2. The summed E-state index contributed by atoms with van der Waals surface area (Å²) in [7, 11) is 4.08. The van der Waals surface area contributed by atoms with Crippen molar-refractivity contribution in [3.8, 4) is 0 Å². The molecule has 0 unspecified atom stereocenters. The minimum Gasteiger partial charge on any atom is -0.348 e. The van der Waals surface area contributed by atoms with Crippen LogP contribution in [-0.2, 0) is 19.5 Å². The van der Waals surface area contributed by atoms with Crippen molar-refractivity contribution in [3.63, 3.8) is 0 Å². The first-order valence-corrected chi connectivity index (χ1v) is 7.63. The summed E-state index contributed by atoms with van der Waals surface area (Å²) in [5, 5.41) is 9.88. The first kappa shape index (κ1) is 16.2. The molecule has 5 nitrogen and oxygen atoms in total. The van der Waals surface area contributed by atoms with Gasteiger partial charge in [-0.05, 0) is 31.6 Å². The quantitative estimate of drug-likeness (QED) is 0.825. The molecule has 2 rings (SSSR count). The lowest BCUT2D eigenvalue weighted by molar-refractivity contribution is 0.0950. The monoisotopic (exact) mass is 300 g/mol. The number of carbonyl (C=O) groups excluding carboxylic acids is 1. The van der Waals surface area contributed by atoms with Crippen molar-refractivity contribution in [2.24, 2.45) is 0 Å². The Morgan fingerprint density at radius 3 is 2.68 bits per heavy atom. The Balaban J connectivity index is 2.03. The molecule has 1 aromatic heterocycles. The number of H-pyrrole nitrogens is 1. The topological polar surface area (TPSA) is 61.0 Å². The Bertz CT molecular complexity index is 619. The highest BCUT2D eigenvalue weighted by Gasteiger charge is 2.13. The van der Waals surface area contributed by atoms with Gasteiger partial charge < -0.3 is 10.2 Å². The molecule has 5 heteroatoms. The van der Waals surface area contributed by atoms with Crippen LogP contribution in [0.4, 0.5) is 0 Å². The van der Waals surface area contributed by atoms with Crippen LogP contribution in [0.15, 0.2) is 30.5 Å². The van der Waals surface area contributed by atoms with Crippen LogP contribution in [0.25, 0.3) is 0 Å². The zero-order valence-corrected chi connectivity index (χ0v) is 13.5.